The van der Waals surface area contributed by atoms with Crippen LogP contribution in [0, 0.1) is 0 Å². The van der Waals surface area contributed by atoms with Crippen LogP contribution in [0.4, 0.5) is 5.82 Å². The molecule has 0 spiro atoms. The minimum atomic E-state index is 0.475. The Balaban J connectivity index is 2.07. The van der Waals surface area contributed by atoms with Gasteiger partial charge in [0, 0.05) is 11.6 Å². The first kappa shape index (κ1) is 12.4. The first-order chi connectivity index (χ1) is 8.79. The van der Waals surface area contributed by atoms with Crippen LogP contribution in [0.1, 0.15) is 19.8 Å². The lowest BCUT2D eigenvalue weighted by Gasteiger charge is -2.06. The Morgan fingerprint density at radius 3 is 2.61 bits per heavy atom. The fourth-order valence-electron chi connectivity index (χ4n) is 1.59. The van der Waals surface area contributed by atoms with E-state index in [2.05, 4.69) is 16.9 Å². The summed E-state index contributed by atoms with van der Waals surface area (Å²) in [4.78, 5) is 8.06. The van der Waals surface area contributed by atoms with Crippen LogP contribution in [0.15, 0.2) is 36.7 Å². The number of anilines is 1. The van der Waals surface area contributed by atoms with Crippen molar-refractivity contribution >= 4 is 5.82 Å². The summed E-state index contributed by atoms with van der Waals surface area (Å²) in [7, 11) is 0. The second-order valence-corrected chi connectivity index (χ2v) is 4.05. The van der Waals surface area contributed by atoms with E-state index in [1.807, 2.05) is 24.3 Å². The molecule has 0 aliphatic rings. The van der Waals surface area contributed by atoms with Gasteiger partial charge in [0.25, 0.3) is 0 Å². The lowest BCUT2D eigenvalue weighted by molar-refractivity contribution is 0.309. The van der Waals surface area contributed by atoms with Crippen molar-refractivity contribution in [3.05, 3.63) is 36.7 Å². The second kappa shape index (κ2) is 6.00. The van der Waals surface area contributed by atoms with Gasteiger partial charge in [0.2, 0.25) is 0 Å². The lowest BCUT2D eigenvalue weighted by Crippen LogP contribution is -1.96. The number of nitrogens with zero attached hydrogens (tertiary/aromatic N) is 2. The van der Waals surface area contributed by atoms with Crippen molar-refractivity contribution in [3.63, 3.8) is 0 Å². The Kier molecular flexibility index (Phi) is 4.12. The lowest BCUT2D eigenvalue weighted by atomic mass is 10.1. The van der Waals surface area contributed by atoms with Crippen molar-refractivity contribution in [2.75, 3.05) is 12.3 Å². The van der Waals surface area contributed by atoms with Gasteiger partial charge in [-0.05, 0) is 30.7 Å². The van der Waals surface area contributed by atoms with Gasteiger partial charge in [0.1, 0.15) is 17.9 Å². The van der Waals surface area contributed by atoms with Crippen LogP contribution in [0.5, 0.6) is 5.75 Å². The zero-order valence-electron chi connectivity index (χ0n) is 10.5. The van der Waals surface area contributed by atoms with Crippen LogP contribution < -0.4 is 10.5 Å². The number of hydrogen-bond acceptors (Lipinski definition) is 4. The number of benzene rings is 1. The number of aromatic nitrogens is 2. The summed E-state index contributed by atoms with van der Waals surface area (Å²) in [6.07, 6.45) is 3.68. The quantitative estimate of drug-likeness (QED) is 0.820. The molecule has 4 nitrogen and oxygen atoms in total. The van der Waals surface area contributed by atoms with Gasteiger partial charge >= 0.3 is 0 Å². The van der Waals surface area contributed by atoms with Gasteiger partial charge in [-0.15, -0.1) is 0 Å². The molecular formula is C14H17N3O. The highest BCUT2D eigenvalue weighted by Crippen LogP contribution is 2.21. The van der Waals surface area contributed by atoms with Gasteiger partial charge < -0.3 is 10.5 Å². The van der Waals surface area contributed by atoms with Crippen molar-refractivity contribution in [1.82, 2.24) is 9.97 Å². The third-order valence-corrected chi connectivity index (χ3v) is 2.60. The average molecular weight is 243 g/mol. The Hall–Kier alpha value is -2.10. The molecule has 0 fully saturated rings. The molecule has 0 aliphatic carbocycles. The van der Waals surface area contributed by atoms with E-state index in [0.717, 1.165) is 36.5 Å². The van der Waals surface area contributed by atoms with Gasteiger partial charge in [0.05, 0.1) is 12.3 Å². The number of nitrogen functional groups attached to an aromatic ring is 1. The van der Waals surface area contributed by atoms with E-state index in [0.29, 0.717) is 5.82 Å². The highest BCUT2D eigenvalue weighted by atomic mass is 16.5. The van der Waals surface area contributed by atoms with Crippen molar-refractivity contribution in [3.8, 4) is 17.0 Å². The minimum Gasteiger partial charge on any atom is -0.494 e. The highest BCUT2D eigenvalue weighted by molar-refractivity contribution is 5.62. The molecule has 0 radical (unpaired) electrons. The normalized spacial score (nSPS) is 10.3. The summed E-state index contributed by atoms with van der Waals surface area (Å²) in [6, 6.07) is 9.60. The number of ether oxygens (including phenoxy) is 1. The fraction of sp³-hybridized carbons (Fsp3) is 0.286. The molecule has 0 saturated carbocycles. The van der Waals surface area contributed by atoms with Gasteiger partial charge in [-0.25, -0.2) is 9.97 Å². The highest BCUT2D eigenvalue weighted by Gasteiger charge is 2.01. The molecule has 0 unspecified atom stereocenters. The summed E-state index contributed by atoms with van der Waals surface area (Å²) < 4.78 is 5.60. The summed E-state index contributed by atoms with van der Waals surface area (Å²) >= 11 is 0. The van der Waals surface area contributed by atoms with Crippen molar-refractivity contribution < 1.29 is 4.74 Å². The minimum absolute atomic E-state index is 0.475. The van der Waals surface area contributed by atoms with E-state index in [1.165, 1.54) is 6.33 Å². The van der Waals surface area contributed by atoms with Gasteiger partial charge in [-0.3, -0.25) is 0 Å². The SMILES string of the molecule is CCCCOc1ccc(-c2cc(N)ncn2)cc1. The topological polar surface area (TPSA) is 61.0 Å². The first-order valence-electron chi connectivity index (χ1n) is 6.10. The van der Waals surface area contributed by atoms with E-state index in [-0.39, 0.29) is 0 Å². The average Bonchev–Trinajstić information content (AvgIpc) is 2.40. The zero-order valence-corrected chi connectivity index (χ0v) is 10.5. The Morgan fingerprint density at radius 1 is 1.17 bits per heavy atom. The number of hydrogen-bond donors (Lipinski definition) is 1. The third-order valence-electron chi connectivity index (χ3n) is 2.60. The number of unbranched alkanes of at least 4 members (excludes halogenated alkanes) is 1. The number of nitrogens with two attached hydrogens (primary N) is 1. The van der Waals surface area contributed by atoms with Crippen LogP contribution in [0.25, 0.3) is 11.3 Å². The summed E-state index contributed by atoms with van der Waals surface area (Å²) in [5.41, 5.74) is 7.46. The Bertz CT molecular complexity index is 497. The summed E-state index contributed by atoms with van der Waals surface area (Å²) in [5.74, 6) is 1.36. The summed E-state index contributed by atoms with van der Waals surface area (Å²) in [6.45, 7) is 2.91. The molecule has 2 N–H and O–H groups in total. The third kappa shape index (κ3) is 3.20. The maximum atomic E-state index is 5.63. The smallest absolute Gasteiger partial charge is 0.127 e. The number of rotatable bonds is 5. The molecule has 0 aliphatic heterocycles. The first-order valence-corrected chi connectivity index (χ1v) is 6.10. The maximum Gasteiger partial charge on any atom is 0.127 e. The maximum absolute atomic E-state index is 5.63. The monoisotopic (exact) mass is 243 g/mol. The molecule has 0 saturated heterocycles. The van der Waals surface area contributed by atoms with Crippen LogP contribution in [0.3, 0.4) is 0 Å². The van der Waals surface area contributed by atoms with Gasteiger partial charge in [-0.2, -0.15) is 0 Å². The van der Waals surface area contributed by atoms with E-state index >= 15 is 0 Å². The van der Waals surface area contributed by atoms with E-state index in [4.69, 9.17) is 10.5 Å². The van der Waals surface area contributed by atoms with Crippen molar-refractivity contribution in [2.45, 2.75) is 19.8 Å². The molecule has 0 amide bonds. The molecular weight excluding hydrogens is 226 g/mol. The fourth-order valence-corrected chi connectivity index (χ4v) is 1.59. The molecule has 18 heavy (non-hydrogen) atoms. The van der Waals surface area contributed by atoms with E-state index < -0.39 is 0 Å². The Morgan fingerprint density at radius 2 is 1.94 bits per heavy atom. The predicted octanol–water partition coefficient (Wildman–Crippen LogP) is 2.90. The predicted molar refractivity (Wildman–Crippen MR) is 72.3 cm³/mol. The zero-order chi connectivity index (χ0) is 12.8. The molecule has 94 valence electrons. The Labute approximate surface area is 107 Å². The molecule has 4 heteroatoms. The second-order valence-electron chi connectivity index (χ2n) is 4.05. The molecule has 2 rings (SSSR count). The van der Waals surface area contributed by atoms with Crippen molar-refractivity contribution in [1.29, 1.82) is 0 Å². The van der Waals surface area contributed by atoms with E-state index in [9.17, 15) is 0 Å². The van der Waals surface area contributed by atoms with Crippen molar-refractivity contribution in [2.24, 2.45) is 0 Å². The molecule has 1 heterocycles. The van der Waals surface area contributed by atoms with Crippen LogP contribution >= 0.6 is 0 Å². The van der Waals surface area contributed by atoms with Gasteiger partial charge in [-0.1, -0.05) is 13.3 Å². The molecule has 0 atom stereocenters. The van der Waals surface area contributed by atoms with Gasteiger partial charge in [0.15, 0.2) is 0 Å². The summed E-state index contributed by atoms with van der Waals surface area (Å²) in [5, 5.41) is 0. The van der Waals surface area contributed by atoms with Crippen LogP contribution in [-0.2, 0) is 0 Å². The molecule has 2 aromatic rings. The standard InChI is InChI=1S/C14H17N3O/c1-2-3-8-18-12-6-4-11(5-7-12)13-9-14(15)17-10-16-13/h4-7,9-10H,2-3,8H2,1H3,(H2,15,16,17). The molecule has 1 aromatic heterocycles. The largest absolute Gasteiger partial charge is 0.494 e. The van der Waals surface area contributed by atoms with E-state index in [1.54, 1.807) is 6.07 Å². The molecule has 1 aromatic carbocycles. The van der Waals surface area contributed by atoms with Crippen LogP contribution in [0.2, 0.25) is 0 Å². The van der Waals surface area contributed by atoms with Crippen LogP contribution in [-0.4, -0.2) is 16.6 Å². The molecule has 0 bridgehead atoms.